The van der Waals surface area contributed by atoms with E-state index in [9.17, 15) is 18.0 Å². The summed E-state index contributed by atoms with van der Waals surface area (Å²) in [6.45, 7) is 1.84. The van der Waals surface area contributed by atoms with Gasteiger partial charge < -0.3 is 19.1 Å². The molecule has 4 aromatic rings. The molecule has 0 spiro atoms. The summed E-state index contributed by atoms with van der Waals surface area (Å²) < 4.78 is 47.3. The molecule has 0 N–H and O–H groups in total. The van der Waals surface area contributed by atoms with E-state index in [2.05, 4.69) is 22.9 Å². The Labute approximate surface area is 220 Å². The van der Waals surface area contributed by atoms with Crippen molar-refractivity contribution in [3.8, 4) is 5.75 Å². The van der Waals surface area contributed by atoms with Gasteiger partial charge in [-0.25, -0.2) is 0 Å². The standard InChI is InChI=1S/C30H30F3N3O2/c1-34-20-26(23-10-3-5-12-27(23)34)25(24-11-4-6-13-28(24)38-2)19-29(37)36-16-14-35(15-17-36)22-9-7-8-21(18-22)30(31,32)33/h3-13,18,20,25H,14-17,19H2,1-2H3. The minimum absolute atomic E-state index is 0.0116. The zero-order chi connectivity index (χ0) is 26.9. The summed E-state index contributed by atoms with van der Waals surface area (Å²) in [4.78, 5) is 17.4. The first-order valence-electron chi connectivity index (χ1n) is 12.6. The predicted octanol–water partition coefficient (Wildman–Crippen LogP) is 6.08. The van der Waals surface area contributed by atoms with Crippen LogP contribution in [-0.4, -0.2) is 48.7 Å². The molecule has 198 valence electrons. The molecule has 0 bridgehead atoms. The minimum Gasteiger partial charge on any atom is -0.496 e. The molecular formula is C30H30F3N3O2. The molecular weight excluding hydrogens is 491 g/mol. The molecule has 1 unspecified atom stereocenters. The van der Waals surface area contributed by atoms with E-state index < -0.39 is 11.7 Å². The third-order valence-electron chi connectivity index (χ3n) is 7.37. The number of para-hydroxylation sites is 2. The number of aromatic nitrogens is 1. The Bertz CT molecular complexity index is 1440. The number of halogens is 3. The lowest BCUT2D eigenvalue weighted by atomic mass is 9.87. The van der Waals surface area contributed by atoms with Crippen molar-refractivity contribution < 1.29 is 22.7 Å². The Kier molecular flexibility index (Phi) is 7.06. The van der Waals surface area contributed by atoms with Crippen molar-refractivity contribution in [2.24, 2.45) is 7.05 Å². The number of carbonyl (C=O) groups excluding carboxylic acids is 1. The topological polar surface area (TPSA) is 37.7 Å². The number of benzene rings is 3. The number of amides is 1. The van der Waals surface area contributed by atoms with Gasteiger partial charge in [-0.05, 0) is 35.9 Å². The van der Waals surface area contributed by atoms with Gasteiger partial charge in [0.15, 0.2) is 0 Å². The fourth-order valence-electron chi connectivity index (χ4n) is 5.39. The summed E-state index contributed by atoms with van der Waals surface area (Å²) in [5, 5.41) is 1.09. The van der Waals surface area contributed by atoms with Crippen LogP contribution in [-0.2, 0) is 18.0 Å². The summed E-state index contributed by atoms with van der Waals surface area (Å²) in [6.07, 6.45) is -2.04. The maximum Gasteiger partial charge on any atom is 0.416 e. The Morgan fingerprint density at radius 1 is 0.921 bits per heavy atom. The number of methoxy groups -OCH3 is 1. The first-order chi connectivity index (χ1) is 18.3. The molecule has 0 aliphatic carbocycles. The molecule has 1 saturated heterocycles. The van der Waals surface area contributed by atoms with Gasteiger partial charge in [0.25, 0.3) is 0 Å². The molecule has 3 aromatic carbocycles. The number of carbonyl (C=O) groups is 1. The van der Waals surface area contributed by atoms with Gasteiger partial charge in [0.1, 0.15) is 5.75 Å². The van der Waals surface area contributed by atoms with Gasteiger partial charge in [-0.15, -0.1) is 0 Å². The van der Waals surface area contributed by atoms with Crippen LogP contribution in [0.25, 0.3) is 10.9 Å². The van der Waals surface area contributed by atoms with Crippen molar-refractivity contribution >= 4 is 22.5 Å². The van der Waals surface area contributed by atoms with Gasteiger partial charge in [-0.1, -0.05) is 42.5 Å². The van der Waals surface area contributed by atoms with Crippen LogP contribution in [0.3, 0.4) is 0 Å². The van der Waals surface area contributed by atoms with E-state index in [1.54, 1.807) is 13.2 Å². The van der Waals surface area contributed by atoms with Crippen LogP contribution in [0.2, 0.25) is 0 Å². The van der Waals surface area contributed by atoms with Crippen molar-refractivity contribution in [2.75, 3.05) is 38.2 Å². The Morgan fingerprint density at radius 2 is 1.63 bits per heavy atom. The summed E-state index contributed by atoms with van der Waals surface area (Å²) >= 11 is 0. The smallest absolute Gasteiger partial charge is 0.416 e. The number of alkyl halides is 3. The number of anilines is 1. The predicted molar refractivity (Wildman–Crippen MR) is 143 cm³/mol. The van der Waals surface area contributed by atoms with Gasteiger partial charge in [-0.3, -0.25) is 4.79 Å². The second-order valence-electron chi connectivity index (χ2n) is 9.63. The van der Waals surface area contributed by atoms with Gasteiger partial charge in [-0.2, -0.15) is 13.2 Å². The zero-order valence-corrected chi connectivity index (χ0v) is 21.4. The molecule has 1 aliphatic heterocycles. The van der Waals surface area contributed by atoms with E-state index in [1.165, 1.54) is 12.1 Å². The maximum absolute atomic E-state index is 13.6. The number of nitrogens with zero attached hydrogens (tertiary/aromatic N) is 3. The molecule has 5 nitrogen and oxygen atoms in total. The van der Waals surface area contributed by atoms with Gasteiger partial charge >= 0.3 is 6.18 Å². The first-order valence-corrected chi connectivity index (χ1v) is 12.6. The summed E-state index contributed by atoms with van der Waals surface area (Å²) in [5.41, 5.74) is 2.95. The van der Waals surface area contributed by atoms with Gasteiger partial charge in [0, 0.05) is 73.9 Å². The van der Waals surface area contributed by atoms with Crippen LogP contribution >= 0.6 is 0 Å². The Hall–Kier alpha value is -3.94. The normalized spacial score (nSPS) is 15.1. The quantitative estimate of drug-likeness (QED) is 0.309. The second-order valence-corrected chi connectivity index (χ2v) is 9.63. The average Bonchev–Trinajstić information content (AvgIpc) is 3.27. The lowest BCUT2D eigenvalue weighted by Gasteiger charge is -2.37. The summed E-state index contributed by atoms with van der Waals surface area (Å²) in [6, 6.07) is 21.3. The third kappa shape index (κ3) is 5.08. The molecule has 1 aliphatic rings. The van der Waals surface area contributed by atoms with Crippen molar-refractivity contribution in [2.45, 2.75) is 18.5 Å². The molecule has 38 heavy (non-hydrogen) atoms. The summed E-state index contributed by atoms with van der Waals surface area (Å²) in [7, 11) is 3.63. The lowest BCUT2D eigenvalue weighted by Crippen LogP contribution is -2.49. The minimum atomic E-state index is -4.39. The van der Waals surface area contributed by atoms with Crippen molar-refractivity contribution in [3.05, 3.63) is 95.7 Å². The molecule has 1 aromatic heterocycles. The average molecular weight is 522 g/mol. The first kappa shape index (κ1) is 25.7. The number of hydrogen-bond donors (Lipinski definition) is 0. The SMILES string of the molecule is COc1ccccc1C(CC(=O)N1CCN(c2cccc(C(F)(F)F)c2)CC1)c1cn(C)c2ccccc12. The number of piperazine rings is 1. The number of hydrogen-bond acceptors (Lipinski definition) is 3. The van der Waals surface area contributed by atoms with E-state index in [-0.39, 0.29) is 18.2 Å². The highest BCUT2D eigenvalue weighted by Gasteiger charge is 2.32. The Balaban J connectivity index is 1.37. The highest BCUT2D eigenvalue weighted by Crippen LogP contribution is 2.39. The van der Waals surface area contributed by atoms with E-state index in [1.807, 2.05) is 53.2 Å². The van der Waals surface area contributed by atoms with Crippen molar-refractivity contribution in [1.82, 2.24) is 9.47 Å². The molecule has 1 amide bonds. The fourth-order valence-corrected chi connectivity index (χ4v) is 5.39. The lowest BCUT2D eigenvalue weighted by molar-refractivity contribution is -0.137. The Morgan fingerprint density at radius 3 is 2.37 bits per heavy atom. The largest absolute Gasteiger partial charge is 0.496 e. The molecule has 5 rings (SSSR count). The van der Waals surface area contributed by atoms with Crippen molar-refractivity contribution in [1.29, 1.82) is 0 Å². The zero-order valence-electron chi connectivity index (χ0n) is 21.4. The monoisotopic (exact) mass is 521 g/mol. The molecule has 0 saturated carbocycles. The number of ether oxygens (including phenoxy) is 1. The van der Waals surface area contributed by atoms with Crippen LogP contribution < -0.4 is 9.64 Å². The number of fused-ring (bicyclic) bond motifs is 1. The van der Waals surface area contributed by atoms with Crippen LogP contribution in [0.4, 0.5) is 18.9 Å². The van der Waals surface area contributed by atoms with Crippen LogP contribution in [0, 0.1) is 0 Å². The fraction of sp³-hybridized carbons (Fsp3) is 0.300. The highest BCUT2D eigenvalue weighted by atomic mass is 19.4. The maximum atomic E-state index is 13.6. The van der Waals surface area contributed by atoms with Crippen LogP contribution in [0.15, 0.2) is 79.0 Å². The molecule has 0 radical (unpaired) electrons. The molecule has 8 heteroatoms. The van der Waals surface area contributed by atoms with E-state index in [0.29, 0.717) is 31.9 Å². The van der Waals surface area contributed by atoms with E-state index >= 15 is 0 Å². The number of aryl methyl sites for hydroxylation is 1. The highest BCUT2D eigenvalue weighted by molar-refractivity contribution is 5.87. The third-order valence-corrected chi connectivity index (χ3v) is 7.37. The summed E-state index contributed by atoms with van der Waals surface area (Å²) in [5.74, 6) is 0.524. The van der Waals surface area contributed by atoms with E-state index in [4.69, 9.17) is 4.74 Å². The molecule has 1 atom stereocenters. The van der Waals surface area contributed by atoms with E-state index in [0.717, 1.165) is 33.8 Å². The van der Waals surface area contributed by atoms with Crippen LogP contribution in [0.5, 0.6) is 5.75 Å². The van der Waals surface area contributed by atoms with Crippen molar-refractivity contribution in [3.63, 3.8) is 0 Å². The molecule has 2 heterocycles. The van der Waals surface area contributed by atoms with Gasteiger partial charge in [0.05, 0.1) is 12.7 Å². The van der Waals surface area contributed by atoms with Crippen LogP contribution in [0.1, 0.15) is 29.0 Å². The van der Waals surface area contributed by atoms with Gasteiger partial charge in [0.2, 0.25) is 5.91 Å². The number of rotatable bonds is 6. The second kappa shape index (κ2) is 10.4. The molecule has 1 fully saturated rings.